The van der Waals surface area contributed by atoms with Gasteiger partial charge in [0, 0.05) is 12.7 Å². The van der Waals surface area contributed by atoms with Crippen molar-refractivity contribution in [3.8, 4) is 0 Å². The van der Waals surface area contributed by atoms with Crippen LogP contribution in [0, 0.1) is 10.1 Å². The molecule has 1 atom stereocenters. The van der Waals surface area contributed by atoms with Crippen molar-refractivity contribution in [3.05, 3.63) is 39.3 Å². The van der Waals surface area contributed by atoms with Gasteiger partial charge in [0.1, 0.15) is 16.7 Å². The highest BCUT2D eigenvalue weighted by molar-refractivity contribution is 7.80. The van der Waals surface area contributed by atoms with E-state index in [1.165, 1.54) is 12.1 Å². The van der Waals surface area contributed by atoms with Crippen LogP contribution in [-0.2, 0) is 9.53 Å². The van der Waals surface area contributed by atoms with E-state index in [2.05, 4.69) is 5.32 Å². The van der Waals surface area contributed by atoms with Gasteiger partial charge in [-0.05, 0) is 32.1 Å². The second kappa shape index (κ2) is 6.14. The normalized spacial score (nSPS) is 18.2. The van der Waals surface area contributed by atoms with Crippen molar-refractivity contribution in [1.29, 1.82) is 0 Å². The third-order valence-electron chi connectivity index (χ3n) is 3.33. The SMILES string of the molecule is CCOC(=O)C1=C(C)N(C)C(=S)N[C@@H]1c1ccc([N+](=O)[O-])o1. The number of hydrogen-bond donors (Lipinski definition) is 1. The lowest BCUT2D eigenvalue weighted by Crippen LogP contribution is -2.46. The molecule has 0 fully saturated rings. The molecule has 0 bridgehead atoms. The quantitative estimate of drug-likeness (QED) is 0.388. The summed E-state index contributed by atoms with van der Waals surface area (Å²) in [6.45, 7) is 3.64. The molecule has 1 aliphatic heterocycles. The zero-order valence-corrected chi connectivity index (χ0v) is 13.1. The molecule has 0 aliphatic carbocycles. The molecule has 2 rings (SSSR count). The molecule has 0 amide bonds. The van der Waals surface area contributed by atoms with E-state index in [9.17, 15) is 14.9 Å². The summed E-state index contributed by atoms with van der Waals surface area (Å²) < 4.78 is 10.3. The maximum atomic E-state index is 12.2. The Labute approximate surface area is 131 Å². The molecule has 0 saturated carbocycles. The van der Waals surface area contributed by atoms with Gasteiger partial charge in [0.2, 0.25) is 0 Å². The molecule has 2 heterocycles. The lowest BCUT2D eigenvalue weighted by molar-refractivity contribution is -0.402. The zero-order chi connectivity index (χ0) is 16.4. The third-order valence-corrected chi connectivity index (χ3v) is 3.72. The first kappa shape index (κ1) is 16.0. The molecule has 0 unspecified atom stereocenters. The minimum atomic E-state index is -0.726. The fourth-order valence-corrected chi connectivity index (χ4v) is 2.37. The largest absolute Gasteiger partial charge is 0.463 e. The third kappa shape index (κ3) is 2.80. The van der Waals surface area contributed by atoms with Gasteiger partial charge in [-0.25, -0.2) is 4.79 Å². The highest BCUT2D eigenvalue weighted by Gasteiger charge is 2.36. The standard InChI is InChI=1S/C13H15N3O5S/c1-4-20-12(17)10-7(2)15(3)13(22)14-11(10)8-5-6-9(21-8)16(18)19/h5-6,11H,4H2,1-3H3,(H,14,22)/t11-/m1/s1. The van der Waals surface area contributed by atoms with Crippen LogP contribution in [0.1, 0.15) is 25.6 Å². The van der Waals surface area contributed by atoms with Crippen LogP contribution >= 0.6 is 12.2 Å². The number of nitrogens with zero attached hydrogens (tertiary/aromatic N) is 2. The highest BCUT2D eigenvalue weighted by atomic mass is 32.1. The van der Waals surface area contributed by atoms with Crippen molar-refractivity contribution < 1.29 is 18.9 Å². The van der Waals surface area contributed by atoms with E-state index in [4.69, 9.17) is 21.4 Å². The Morgan fingerprint density at radius 2 is 2.27 bits per heavy atom. The molecule has 1 aromatic heterocycles. The maximum absolute atomic E-state index is 12.2. The van der Waals surface area contributed by atoms with Crippen LogP contribution in [0.5, 0.6) is 0 Å². The zero-order valence-electron chi connectivity index (χ0n) is 12.3. The number of nitro groups is 1. The number of esters is 1. The number of thiocarbonyl (C=S) groups is 1. The fourth-order valence-electron chi connectivity index (χ4n) is 2.12. The van der Waals surface area contributed by atoms with Crippen LogP contribution in [0.15, 0.2) is 27.8 Å². The Morgan fingerprint density at radius 3 is 2.82 bits per heavy atom. The lowest BCUT2D eigenvalue weighted by atomic mass is 10.0. The van der Waals surface area contributed by atoms with Gasteiger partial charge in [0.05, 0.1) is 18.2 Å². The van der Waals surface area contributed by atoms with Gasteiger partial charge in [-0.1, -0.05) is 0 Å². The van der Waals surface area contributed by atoms with E-state index in [1.807, 2.05) is 0 Å². The number of allylic oxidation sites excluding steroid dienone is 1. The van der Waals surface area contributed by atoms with E-state index in [1.54, 1.807) is 25.8 Å². The summed E-state index contributed by atoms with van der Waals surface area (Å²) >= 11 is 5.20. The molecule has 0 saturated heterocycles. The van der Waals surface area contributed by atoms with Crippen LogP contribution in [-0.4, -0.2) is 34.6 Å². The number of ether oxygens (including phenoxy) is 1. The number of hydrogen-bond acceptors (Lipinski definition) is 6. The second-order valence-corrected chi connectivity index (χ2v) is 4.98. The Morgan fingerprint density at radius 1 is 1.59 bits per heavy atom. The van der Waals surface area contributed by atoms with Crippen molar-refractivity contribution in [2.24, 2.45) is 0 Å². The molecule has 118 valence electrons. The summed E-state index contributed by atoms with van der Waals surface area (Å²) in [7, 11) is 1.71. The van der Waals surface area contributed by atoms with Gasteiger partial charge in [-0.15, -0.1) is 0 Å². The first-order valence-electron chi connectivity index (χ1n) is 6.53. The molecule has 9 heteroatoms. The number of carbonyl (C=O) groups excluding carboxylic acids is 1. The monoisotopic (exact) mass is 325 g/mol. The summed E-state index contributed by atoms with van der Waals surface area (Å²) in [5.41, 5.74) is 0.911. The van der Waals surface area contributed by atoms with E-state index in [0.717, 1.165) is 0 Å². The summed E-state index contributed by atoms with van der Waals surface area (Å²) in [6.07, 6.45) is 0. The number of carbonyl (C=O) groups is 1. The summed E-state index contributed by atoms with van der Waals surface area (Å²) in [4.78, 5) is 24.0. The Hall–Kier alpha value is -2.42. The predicted octanol–water partition coefficient (Wildman–Crippen LogP) is 1.89. The number of nitrogens with one attached hydrogen (secondary N) is 1. The fraction of sp³-hybridized carbons (Fsp3) is 0.385. The second-order valence-electron chi connectivity index (χ2n) is 4.59. The van der Waals surface area contributed by atoms with Gasteiger partial charge >= 0.3 is 11.9 Å². The van der Waals surface area contributed by atoms with E-state index >= 15 is 0 Å². The lowest BCUT2D eigenvalue weighted by Gasteiger charge is -2.34. The van der Waals surface area contributed by atoms with Gasteiger partial charge in [-0.3, -0.25) is 10.1 Å². The maximum Gasteiger partial charge on any atom is 0.433 e. The molecule has 8 nitrogen and oxygen atoms in total. The van der Waals surface area contributed by atoms with Crippen molar-refractivity contribution >= 4 is 29.2 Å². The Bertz CT molecular complexity index is 666. The molecular formula is C13H15N3O5S. The van der Waals surface area contributed by atoms with E-state index in [0.29, 0.717) is 16.4 Å². The van der Waals surface area contributed by atoms with Crippen molar-refractivity contribution in [2.45, 2.75) is 19.9 Å². The van der Waals surface area contributed by atoms with Crippen LogP contribution in [0.25, 0.3) is 0 Å². The predicted molar refractivity (Wildman–Crippen MR) is 80.9 cm³/mol. The molecule has 0 aromatic carbocycles. The average Bonchev–Trinajstić information content (AvgIpc) is 2.94. The number of furan rings is 1. The van der Waals surface area contributed by atoms with Crippen molar-refractivity contribution in [2.75, 3.05) is 13.7 Å². The van der Waals surface area contributed by atoms with Gasteiger partial charge in [-0.2, -0.15) is 0 Å². The van der Waals surface area contributed by atoms with Crippen molar-refractivity contribution in [1.82, 2.24) is 10.2 Å². The van der Waals surface area contributed by atoms with Crippen LogP contribution < -0.4 is 5.32 Å². The van der Waals surface area contributed by atoms with Gasteiger partial charge in [0.25, 0.3) is 0 Å². The molecule has 1 aliphatic rings. The summed E-state index contributed by atoms with van der Waals surface area (Å²) in [6, 6.07) is 1.95. The van der Waals surface area contributed by atoms with Crippen LogP contribution in [0.3, 0.4) is 0 Å². The molecule has 0 spiro atoms. The Kier molecular flexibility index (Phi) is 4.45. The van der Waals surface area contributed by atoms with Gasteiger partial charge < -0.3 is 19.4 Å². The van der Waals surface area contributed by atoms with Gasteiger partial charge in [0.15, 0.2) is 5.11 Å². The number of rotatable bonds is 4. The minimum absolute atomic E-state index is 0.217. The minimum Gasteiger partial charge on any atom is -0.463 e. The smallest absolute Gasteiger partial charge is 0.433 e. The molecule has 0 radical (unpaired) electrons. The molecular weight excluding hydrogens is 310 g/mol. The first-order valence-corrected chi connectivity index (χ1v) is 6.93. The Balaban J connectivity index is 2.48. The highest BCUT2D eigenvalue weighted by Crippen LogP contribution is 2.33. The topological polar surface area (TPSA) is 97.8 Å². The summed E-state index contributed by atoms with van der Waals surface area (Å²) in [5.74, 6) is -0.696. The molecule has 1 aromatic rings. The van der Waals surface area contributed by atoms with Crippen molar-refractivity contribution in [3.63, 3.8) is 0 Å². The van der Waals surface area contributed by atoms with Crippen LogP contribution in [0.4, 0.5) is 5.88 Å². The molecule has 22 heavy (non-hydrogen) atoms. The average molecular weight is 325 g/mol. The van der Waals surface area contributed by atoms with Crippen LogP contribution in [0.2, 0.25) is 0 Å². The van der Waals surface area contributed by atoms with E-state index < -0.39 is 22.8 Å². The molecule has 1 N–H and O–H groups in total. The summed E-state index contributed by atoms with van der Waals surface area (Å²) in [5, 5.41) is 14.1. The first-order chi connectivity index (χ1) is 10.4. The van der Waals surface area contributed by atoms with E-state index in [-0.39, 0.29) is 12.4 Å².